The summed E-state index contributed by atoms with van der Waals surface area (Å²) in [5.74, 6) is -0.00421. The van der Waals surface area contributed by atoms with Crippen molar-refractivity contribution in [3.63, 3.8) is 0 Å². The molecule has 5 nitrogen and oxygen atoms in total. The molecule has 0 saturated heterocycles. The summed E-state index contributed by atoms with van der Waals surface area (Å²) in [6, 6.07) is 8.69. The van der Waals surface area contributed by atoms with E-state index in [0.717, 1.165) is 6.20 Å². The number of aliphatic hydroxyl groups excluding tert-OH is 1. The van der Waals surface area contributed by atoms with Crippen molar-refractivity contribution in [2.45, 2.75) is 6.61 Å². The van der Waals surface area contributed by atoms with Crippen LogP contribution in [-0.4, -0.2) is 22.2 Å². The average molecular weight is 343 g/mol. The topological polar surface area (TPSA) is 67.3 Å². The van der Waals surface area contributed by atoms with Crippen LogP contribution >= 0.6 is 0 Å². The van der Waals surface area contributed by atoms with Gasteiger partial charge in [0.2, 0.25) is 0 Å². The molecule has 7 heteroatoms. The normalized spacial score (nSPS) is 10.6. The molecule has 0 atom stereocenters. The quantitative estimate of drug-likeness (QED) is 0.740. The maximum Gasteiger partial charge on any atom is 0.149 e. The fourth-order valence-corrected chi connectivity index (χ4v) is 2.37. The number of aromatic nitrogens is 2. The van der Waals surface area contributed by atoms with Crippen LogP contribution in [0.5, 0.6) is 5.75 Å². The van der Waals surface area contributed by atoms with Crippen molar-refractivity contribution in [3.8, 4) is 16.9 Å². The van der Waals surface area contributed by atoms with Gasteiger partial charge in [0.15, 0.2) is 0 Å². The number of rotatable bonds is 5. The van der Waals surface area contributed by atoms with Gasteiger partial charge in [0.25, 0.3) is 0 Å². The number of pyridine rings is 2. The molecule has 0 aliphatic heterocycles. The third kappa shape index (κ3) is 3.72. The van der Waals surface area contributed by atoms with Gasteiger partial charge < -0.3 is 15.2 Å². The van der Waals surface area contributed by atoms with Crippen LogP contribution in [0, 0.1) is 11.6 Å². The lowest BCUT2D eigenvalue weighted by Gasteiger charge is -2.12. The number of ether oxygens (including phenoxy) is 1. The standard InChI is InChI=1S/C18H15F2N3O2/c1-25-16-7-12(19)2-3-13(16)14-8-18(22-9-15(14)20)23-17-6-11(10-24)4-5-21-17/h2-9,24H,10H2,1H3,(H,21,22,23). The van der Waals surface area contributed by atoms with Gasteiger partial charge in [-0.15, -0.1) is 0 Å². The third-order valence-electron chi connectivity index (χ3n) is 3.57. The zero-order chi connectivity index (χ0) is 17.8. The molecule has 0 radical (unpaired) electrons. The molecule has 128 valence electrons. The molecule has 0 bridgehead atoms. The highest BCUT2D eigenvalue weighted by atomic mass is 19.1. The van der Waals surface area contributed by atoms with E-state index in [1.54, 1.807) is 18.3 Å². The molecule has 0 saturated carbocycles. The first-order valence-corrected chi connectivity index (χ1v) is 7.43. The van der Waals surface area contributed by atoms with Crippen LogP contribution in [0.1, 0.15) is 5.56 Å². The first-order chi connectivity index (χ1) is 12.1. The van der Waals surface area contributed by atoms with Gasteiger partial charge >= 0.3 is 0 Å². The highest BCUT2D eigenvalue weighted by molar-refractivity contribution is 5.73. The van der Waals surface area contributed by atoms with E-state index >= 15 is 0 Å². The van der Waals surface area contributed by atoms with Crippen molar-refractivity contribution in [1.82, 2.24) is 9.97 Å². The first kappa shape index (κ1) is 16.8. The molecule has 2 heterocycles. The predicted octanol–water partition coefficient (Wildman–Crippen LogP) is 3.67. The van der Waals surface area contributed by atoms with Crippen molar-refractivity contribution in [2.75, 3.05) is 12.4 Å². The molecule has 1 aromatic carbocycles. The number of halogens is 2. The maximum absolute atomic E-state index is 14.2. The smallest absolute Gasteiger partial charge is 0.149 e. The Kier molecular flexibility index (Phi) is 4.85. The van der Waals surface area contributed by atoms with Gasteiger partial charge in [0.1, 0.15) is 29.0 Å². The molecule has 0 aliphatic carbocycles. The van der Waals surface area contributed by atoms with Crippen LogP contribution in [0.4, 0.5) is 20.4 Å². The number of aliphatic hydroxyl groups is 1. The van der Waals surface area contributed by atoms with Crippen LogP contribution in [0.25, 0.3) is 11.1 Å². The molecule has 3 aromatic rings. The van der Waals surface area contributed by atoms with E-state index in [4.69, 9.17) is 4.74 Å². The highest BCUT2D eigenvalue weighted by Gasteiger charge is 2.13. The maximum atomic E-state index is 14.2. The first-order valence-electron chi connectivity index (χ1n) is 7.43. The third-order valence-corrected chi connectivity index (χ3v) is 3.57. The SMILES string of the molecule is COc1cc(F)ccc1-c1cc(Nc2cc(CO)ccn2)ncc1F. The number of hydrogen-bond acceptors (Lipinski definition) is 5. The van der Waals surface area contributed by atoms with Gasteiger partial charge in [-0.3, -0.25) is 0 Å². The van der Waals surface area contributed by atoms with Gasteiger partial charge in [-0.2, -0.15) is 0 Å². The fourth-order valence-electron chi connectivity index (χ4n) is 2.37. The van der Waals surface area contributed by atoms with Crippen LogP contribution in [-0.2, 0) is 6.61 Å². The number of methoxy groups -OCH3 is 1. The Balaban J connectivity index is 1.98. The molecule has 25 heavy (non-hydrogen) atoms. The summed E-state index contributed by atoms with van der Waals surface area (Å²) >= 11 is 0. The Morgan fingerprint density at radius 2 is 1.84 bits per heavy atom. The molecule has 0 spiro atoms. The van der Waals surface area contributed by atoms with Gasteiger partial charge in [-0.05, 0) is 35.9 Å². The minimum absolute atomic E-state index is 0.119. The summed E-state index contributed by atoms with van der Waals surface area (Å²) in [6.07, 6.45) is 2.61. The predicted molar refractivity (Wildman–Crippen MR) is 89.6 cm³/mol. The summed E-state index contributed by atoms with van der Waals surface area (Å²) in [7, 11) is 1.39. The summed E-state index contributed by atoms with van der Waals surface area (Å²) in [5.41, 5.74) is 1.30. The molecular weight excluding hydrogens is 328 g/mol. The van der Waals surface area contributed by atoms with Gasteiger partial charge in [-0.25, -0.2) is 18.7 Å². The molecule has 2 N–H and O–H groups in total. The van der Waals surface area contributed by atoms with Crippen molar-refractivity contribution in [1.29, 1.82) is 0 Å². The lowest BCUT2D eigenvalue weighted by molar-refractivity contribution is 0.282. The fraction of sp³-hybridized carbons (Fsp3) is 0.111. The number of anilines is 2. The zero-order valence-electron chi connectivity index (χ0n) is 13.3. The second kappa shape index (κ2) is 7.23. The zero-order valence-corrected chi connectivity index (χ0v) is 13.3. The van der Waals surface area contributed by atoms with E-state index in [9.17, 15) is 13.9 Å². The lowest BCUT2D eigenvalue weighted by atomic mass is 10.0. The van der Waals surface area contributed by atoms with Crippen molar-refractivity contribution in [2.24, 2.45) is 0 Å². The Hall–Kier alpha value is -3.06. The van der Waals surface area contributed by atoms with Crippen LogP contribution in [0.2, 0.25) is 0 Å². The second-order valence-electron chi connectivity index (χ2n) is 5.23. The Morgan fingerprint density at radius 1 is 1.04 bits per heavy atom. The number of hydrogen-bond donors (Lipinski definition) is 2. The summed E-state index contributed by atoms with van der Waals surface area (Å²) in [6.45, 7) is -0.119. The molecule has 0 fully saturated rings. The van der Waals surface area contributed by atoms with E-state index in [0.29, 0.717) is 22.8 Å². The highest BCUT2D eigenvalue weighted by Crippen LogP contribution is 2.33. The Labute approximate surface area is 143 Å². The van der Waals surface area contributed by atoms with Crippen LogP contribution in [0.3, 0.4) is 0 Å². The van der Waals surface area contributed by atoms with Crippen molar-refractivity contribution in [3.05, 3.63) is 66.0 Å². The minimum atomic E-state index is -0.562. The number of benzene rings is 1. The van der Waals surface area contributed by atoms with Crippen molar-refractivity contribution < 1.29 is 18.6 Å². The molecule has 3 rings (SSSR count). The Bertz CT molecular complexity index is 903. The summed E-state index contributed by atoms with van der Waals surface area (Å²) < 4.78 is 32.7. The number of nitrogens with zero attached hydrogens (tertiary/aromatic N) is 2. The molecule has 0 aliphatic rings. The molecular formula is C18H15F2N3O2. The van der Waals surface area contributed by atoms with E-state index in [1.807, 2.05) is 0 Å². The van der Waals surface area contributed by atoms with E-state index in [2.05, 4.69) is 15.3 Å². The second-order valence-corrected chi connectivity index (χ2v) is 5.23. The largest absolute Gasteiger partial charge is 0.496 e. The summed E-state index contributed by atoms with van der Waals surface area (Å²) in [4.78, 5) is 8.11. The molecule has 2 aromatic heterocycles. The van der Waals surface area contributed by atoms with Crippen LogP contribution < -0.4 is 10.1 Å². The van der Waals surface area contributed by atoms with Crippen LogP contribution in [0.15, 0.2) is 48.8 Å². The summed E-state index contributed by atoms with van der Waals surface area (Å²) in [5, 5.41) is 12.1. The van der Waals surface area contributed by atoms with Gasteiger partial charge in [0, 0.05) is 23.4 Å². The monoisotopic (exact) mass is 343 g/mol. The number of nitrogens with one attached hydrogen (secondary N) is 1. The minimum Gasteiger partial charge on any atom is -0.496 e. The van der Waals surface area contributed by atoms with E-state index in [-0.39, 0.29) is 17.9 Å². The van der Waals surface area contributed by atoms with Gasteiger partial charge in [0.05, 0.1) is 19.9 Å². The molecule has 0 amide bonds. The molecule has 0 unspecified atom stereocenters. The average Bonchev–Trinajstić information content (AvgIpc) is 2.63. The van der Waals surface area contributed by atoms with E-state index < -0.39 is 11.6 Å². The lowest BCUT2D eigenvalue weighted by Crippen LogP contribution is -1.99. The van der Waals surface area contributed by atoms with E-state index in [1.165, 1.54) is 31.4 Å². The Morgan fingerprint density at radius 3 is 2.60 bits per heavy atom. The van der Waals surface area contributed by atoms with Crippen molar-refractivity contribution >= 4 is 11.6 Å². The van der Waals surface area contributed by atoms with Gasteiger partial charge in [-0.1, -0.05) is 0 Å².